The number of nitrogens with zero attached hydrogens (tertiary/aromatic N) is 2. The van der Waals surface area contributed by atoms with Gasteiger partial charge in [0.2, 0.25) is 5.91 Å². The first kappa shape index (κ1) is 15.9. The summed E-state index contributed by atoms with van der Waals surface area (Å²) < 4.78 is 6.58. The number of carbonyl (C=O) groups excluding carboxylic acids is 1. The van der Waals surface area contributed by atoms with Crippen LogP contribution in [0.4, 0.5) is 0 Å². The molecule has 0 saturated carbocycles. The zero-order valence-electron chi connectivity index (χ0n) is 12.7. The summed E-state index contributed by atoms with van der Waals surface area (Å²) >= 11 is 1.56. The van der Waals surface area contributed by atoms with Gasteiger partial charge in [-0.05, 0) is 35.7 Å². The summed E-state index contributed by atoms with van der Waals surface area (Å²) in [7, 11) is 0. The second-order valence-electron chi connectivity index (χ2n) is 4.90. The van der Waals surface area contributed by atoms with Crippen molar-refractivity contribution in [1.29, 1.82) is 0 Å². The molecule has 1 amide bonds. The standard InChI is InChI=1S/C17H15N3O3S/c21-16(7-5-13-3-2-12-24-13)18-9-10-20-17(22)8-6-14(19-20)15-4-1-11-23-15/h1-8,11-12H,9-10H2,(H,18,21)/b7-5+. The number of hydrogen-bond acceptors (Lipinski definition) is 5. The van der Waals surface area contributed by atoms with Crippen molar-refractivity contribution in [2.24, 2.45) is 0 Å². The first-order valence-electron chi connectivity index (χ1n) is 7.34. The molecule has 1 N–H and O–H groups in total. The molecule has 7 heteroatoms. The van der Waals surface area contributed by atoms with Crippen LogP contribution in [0.25, 0.3) is 17.5 Å². The zero-order chi connectivity index (χ0) is 16.8. The topological polar surface area (TPSA) is 77.1 Å². The molecule has 0 aromatic carbocycles. The lowest BCUT2D eigenvalue weighted by Crippen LogP contribution is -2.31. The van der Waals surface area contributed by atoms with Gasteiger partial charge in [-0.3, -0.25) is 9.59 Å². The molecule has 0 atom stereocenters. The predicted molar refractivity (Wildman–Crippen MR) is 92.6 cm³/mol. The van der Waals surface area contributed by atoms with Crippen LogP contribution in [0.1, 0.15) is 4.88 Å². The summed E-state index contributed by atoms with van der Waals surface area (Å²) in [6.45, 7) is 0.591. The van der Waals surface area contributed by atoms with Crippen LogP contribution >= 0.6 is 11.3 Å². The van der Waals surface area contributed by atoms with Gasteiger partial charge in [0.05, 0.1) is 12.8 Å². The minimum Gasteiger partial charge on any atom is -0.463 e. The second-order valence-corrected chi connectivity index (χ2v) is 5.88. The van der Waals surface area contributed by atoms with Crippen molar-refractivity contribution < 1.29 is 9.21 Å². The summed E-state index contributed by atoms with van der Waals surface area (Å²) in [6.07, 6.45) is 4.77. The van der Waals surface area contributed by atoms with E-state index >= 15 is 0 Å². The largest absolute Gasteiger partial charge is 0.463 e. The van der Waals surface area contributed by atoms with Crippen molar-refractivity contribution in [2.75, 3.05) is 6.54 Å². The Morgan fingerprint density at radius 1 is 1.29 bits per heavy atom. The van der Waals surface area contributed by atoms with Crippen LogP contribution in [-0.2, 0) is 11.3 Å². The maximum absolute atomic E-state index is 11.8. The number of thiophene rings is 1. The molecule has 0 aliphatic heterocycles. The van der Waals surface area contributed by atoms with Gasteiger partial charge in [0.15, 0.2) is 5.76 Å². The molecule has 122 valence electrons. The molecule has 3 aromatic heterocycles. The number of amides is 1. The highest BCUT2D eigenvalue weighted by Gasteiger charge is 2.05. The monoisotopic (exact) mass is 341 g/mol. The quantitative estimate of drug-likeness (QED) is 0.699. The Balaban J connectivity index is 1.57. The smallest absolute Gasteiger partial charge is 0.266 e. The van der Waals surface area contributed by atoms with Crippen molar-refractivity contribution >= 4 is 23.3 Å². The first-order chi connectivity index (χ1) is 11.7. The second kappa shape index (κ2) is 7.56. The van der Waals surface area contributed by atoms with Gasteiger partial charge >= 0.3 is 0 Å². The van der Waals surface area contributed by atoms with Gasteiger partial charge in [-0.1, -0.05) is 6.07 Å². The minimum absolute atomic E-state index is 0.210. The molecule has 0 aliphatic carbocycles. The van der Waals surface area contributed by atoms with Gasteiger partial charge in [-0.25, -0.2) is 4.68 Å². The molecular formula is C17H15N3O3S. The minimum atomic E-state index is -0.228. The van der Waals surface area contributed by atoms with E-state index < -0.39 is 0 Å². The van der Waals surface area contributed by atoms with E-state index in [-0.39, 0.29) is 18.0 Å². The SMILES string of the molecule is O=C(/C=C/c1cccs1)NCCn1nc(-c2ccco2)ccc1=O. The molecule has 0 fully saturated rings. The zero-order valence-corrected chi connectivity index (χ0v) is 13.5. The summed E-state index contributed by atoms with van der Waals surface area (Å²) in [5.41, 5.74) is 0.345. The van der Waals surface area contributed by atoms with Crippen LogP contribution in [0.3, 0.4) is 0 Å². The highest BCUT2D eigenvalue weighted by atomic mass is 32.1. The van der Waals surface area contributed by atoms with Crippen LogP contribution < -0.4 is 10.9 Å². The number of aromatic nitrogens is 2. The molecule has 0 saturated heterocycles. The van der Waals surface area contributed by atoms with E-state index in [9.17, 15) is 9.59 Å². The third kappa shape index (κ3) is 4.08. The van der Waals surface area contributed by atoms with E-state index in [2.05, 4.69) is 10.4 Å². The summed E-state index contributed by atoms with van der Waals surface area (Å²) in [5.74, 6) is 0.380. The summed E-state index contributed by atoms with van der Waals surface area (Å²) in [5, 5.41) is 8.92. The van der Waals surface area contributed by atoms with Crippen molar-refractivity contribution in [2.45, 2.75) is 6.54 Å². The Hall–Kier alpha value is -2.93. The number of hydrogen-bond donors (Lipinski definition) is 1. The van der Waals surface area contributed by atoms with Crippen molar-refractivity contribution in [3.8, 4) is 11.5 Å². The molecule has 3 aromatic rings. The molecule has 0 bridgehead atoms. The predicted octanol–water partition coefficient (Wildman–Crippen LogP) is 2.39. The van der Waals surface area contributed by atoms with Gasteiger partial charge in [0.25, 0.3) is 5.56 Å². The lowest BCUT2D eigenvalue weighted by molar-refractivity contribution is -0.116. The molecule has 6 nitrogen and oxygen atoms in total. The molecule has 0 radical (unpaired) electrons. The van der Waals surface area contributed by atoms with E-state index in [0.29, 0.717) is 18.0 Å². The normalized spacial score (nSPS) is 11.0. The molecule has 24 heavy (non-hydrogen) atoms. The Labute approximate surface area is 142 Å². The highest BCUT2D eigenvalue weighted by molar-refractivity contribution is 7.10. The van der Waals surface area contributed by atoms with Crippen LogP contribution in [0.2, 0.25) is 0 Å². The number of carbonyl (C=O) groups is 1. The van der Waals surface area contributed by atoms with Crippen molar-refractivity contribution in [1.82, 2.24) is 15.1 Å². The highest BCUT2D eigenvalue weighted by Crippen LogP contribution is 2.14. The van der Waals surface area contributed by atoms with Crippen LogP contribution in [0.5, 0.6) is 0 Å². The van der Waals surface area contributed by atoms with Crippen LogP contribution in [0.15, 0.2) is 63.3 Å². The summed E-state index contributed by atoms with van der Waals surface area (Å²) in [4.78, 5) is 24.6. The maximum Gasteiger partial charge on any atom is 0.266 e. The third-order valence-corrected chi connectivity index (χ3v) is 4.04. The van der Waals surface area contributed by atoms with Crippen LogP contribution in [-0.4, -0.2) is 22.2 Å². The first-order valence-corrected chi connectivity index (χ1v) is 8.22. The van der Waals surface area contributed by atoms with Crippen LogP contribution in [0, 0.1) is 0 Å². The van der Waals surface area contributed by atoms with Gasteiger partial charge in [0.1, 0.15) is 5.69 Å². The Morgan fingerprint density at radius 3 is 2.96 bits per heavy atom. The van der Waals surface area contributed by atoms with Gasteiger partial charge in [-0.2, -0.15) is 5.10 Å². The number of nitrogens with one attached hydrogen (secondary N) is 1. The van der Waals surface area contributed by atoms with E-state index in [1.165, 1.54) is 16.8 Å². The van der Waals surface area contributed by atoms with E-state index in [1.807, 2.05) is 17.5 Å². The molecule has 3 heterocycles. The maximum atomic E-state index is 11.8. The van der Waals surface area contributed by atoms with Gasteiger partial charge in [-0.15, -0.1) is 11.3 Å². The van der Waals surface area contributed by atoms with E-state index in [0.717, 1.165) is 4.88 Å². The molecule has 0 unspecified atom stereocenters. The Bertz CT molecular complexity index is 880. The molecular weight excluding hydrogens is 326 g/mol. The van der Waals surface area contributed by atoms with Gasteiger partial charge < -0.3 is 9.73 Å². The average molecular weight is 341 g/mol. The number of furan rings is 1. The lowest BCUT2D eigenvalue weighted by atomic mass is 10.3. The lowest BCUT2D eigenvalue weighted by Gasteiger charge is -2.06. The fraction of sp³-hybridized carbons (Fsp3) is 0.118. The Kier molecular flexibility index (Phi) is 5.02. The third-order valence-electron chi connectivity index (χ3n) is 3.21. The van der Waals surface area contributed by atoms with Crippen molar-refractivity contribution in [3.05, 3.63) is 69.3 Å². The fourth-order valence-corrected chi connectivity index (χ4v) is 2.67. The van der Waals surface area contributed by atoms with E-state index in [1.54, 1.807) is 41.9 Å². The average Bonchev–Trinajstić information content (AvgIpc) is 3.28. The van der Waals surface area contributed by atoms with Crippen molar-refractivity contribution in [3.63, 3.8) is 0 Å². The van der Waals surface area contributed by atoms with Gasteiger partial charge in [0, 0.05) is 23.6 Å². The van der Waals surface area contributed by atoms with E-state index in [4.69, 9.17) is 4.42 Å². The molecule has 3 rings (SSSR count). The Morgan fingerprint density at radius 2 is 2.21 bits per heavy atom. The molecule has 0 spiro atoms. The molecule has 0 aliphatic rings. The summed E-state index contributed by atoms with van der Waals surface area (Å²) in [6, 6.07) is 10.4. The fourth-order valence-electron chi connectivity index (χ4n) is 2.05. The number of rotatable bonds is 6.